The molecule has 0 amide bonds. The number of H-pyrrole nitrogens is 1. The van der Waals surface area contributed by atoms with Crippen molar-refractivity contribution >= 4 is 74.9 Å². The van der Waals surface area contributed by atoms with E-state index >= 15 is 0 Å². The molecule has 2 heterocycles. The lowest BCUT2D eigenvalue weighted by molar-refractivity contribution is 1.56. The van der Waals surface area contributed by atoms with Gasteiger partial charge in [-0.15, -0.1) is 11.3 Å². The van der Waals surface area contributed by atoms with Crippen LogP contribution in [0.3, 0.4) is 0 Å². The van der Waals surface area contributed by atoms with Crippen LogP contribution in [0.4, 0.5) is 0 Å². The van der Waals surface area contributed by atoms with Gasteiger partial charge in [-0.1, -0.05) is 66.7 Å². The summed E-state index contributed by atoms with van der Waals surface area (Å²) >= 11 is 1.90. The van der Waals surface area contributed by atoms with Gasteiger partial charge in [0.25, 0.3) is 0 Å². The second-order valence-electron chi connectivity index (χ2n) is 7.49. The predicted octanol–water partition coefficient (Wildman–Crippen LogP) is 8.00. The molecule has 1 N–H and O–H groups in total. The fourth-order valence-corrected chi connectivity index (χ4v) is 5.93. The van der Waals surface area contributed by atoms with Gasteiger partial charge in [-0.25, -0.2) is 0 Å². The Balaban J connectivity index is 1.70. The van der Waals surface area contributed by atoms with Crippen LogP contribution in [0.15, 0.2) is 84.9 Å². The smallest absolute Gasteiger partial charge is 0.0479 e. The Kier molecular flexibility index (Phi) is 2.68. The summed E-state index contributed by atoms with van der Waals surface area (Å²) in [7, 11) is 0. The SMILES string of the molecule is c1ccc2c(c1)ccc1c3cc4c(cc3sc21)[nH]c1ccc2ccccc2c14. The molecule has 0 spiro atoms. The number of fused-ring (bicyclic) bond motifs is 10. The van der Waals surface area contributed by atoms with Crippen molar-refractivity contribution in [1.29, 1.82) is 0 Å². The molecule has 0 aliphatic carbocycles. The molecule has 5 aromatic carbocycles. The van der Waals surface area contributed by atoms with E-state index in [9.17, 15) is 0 Å². The molecule has 0 saturated carbocycles. The highest BCUT2D eigenvalue weighted by Gasteiger charge is 2.13. The third-order valence-electron chi connectivity index (χ3n) is 5.97. The van der Waals surface area contributed by atoms with Gasteiger partial charge in [0.2, 0.25) is 0 Å². The minimum Gasteiger partial charge on any atom is -0.354 e. The third kappa shape index (κ3) is 1.81. The van der Waals surface area contributed by atoms with Gasteiger partial charge in [-0.05, 0) is 39.7 Å². The van der Waals surface area contributed by atoms with Crippen molar-refractivity contribution < 1.29 is 0 Å². The first kappa shape index (κ1) is 14.7. The molecule has 0 aliphatic rings. The predicted molar refractivity (Wildman–Crippen MR) is 124 cm³/mol. The Bertz CT molecular complexity index is 1710. The van der Waals surface area contributed by atoms with Crippen molar-refractivity contribution in [1.82, 2.24) is 4.98 Å². The number of nitrogens with one attached hydrogen (secondary N) is 1. The zero-order chi connectivity index (χ0) is 18.2. The van der Waals surface area contributed by atoms with E-state index in [1.54, 1.807) is 0 Å². The standard InChI is InChI=1S/C26H15NS/c1-3-7-17-15(5-1)10-12-22-25(17)21-13-20-19-11-9-16-6-2-4-8-18(16)26(19)28-24(20)14-23(21)27-22/h1-14,27H. The minimum absolute atomic E-state index is 1.21. The minimum atomic E-state index is 1.21. The number of rotatable bonds is 0. The maximum absolute atomic E-state index is 3.65. The summed E-state index contributed by atoms with van der Waals surface area (Å²) in [4.78, 5) is 3.65. The zero-order valence-corrected chi connectivity index (χ0v) is 15.8. The third-order valence-corrected chi connectivity index (χ3v) is 7.17. The van der Waals surface area contributed by atoms with Crippen LogP contribution in [-0.4, -0.2) is 4.98 Å². The lowest BCUT2D eigenvalue weighted by Crippen LogP contribution is -1.74. The molecule has 0 atom stereocenters. The fraction of sp³-hybridized carbons (Fsp3) is 0. The van der Waals surface area contributed by atoms with Crippen molar-refractivity contribution in [3.8, 4) is 0 Å². The maximum atomic E-state index is 3.65. The second-order valence-corrected chi connectivity index (χ2v) is 8.55. The van der Waals surface area contributed by atoms with Crippen LogP contribution in [0.2, 0.25) is 0 Å². The number of thiophene rings is 1. The lowest BCUT2D eigenvalue weighted by Gasteiger charge is -2.00. The summed E-state index contributed by atoms with van der Waals surface area (Å²) in [6.45, 7) is 0. The van der Waals surface area contributed by atoms with E-state index in [1.165, 1.54) is 63.5 Å². The molecule has 0 aliphatic heterocycles. The summed E-state index contributed by atoms with van der Waals surface area (Å²) in [5.41, 5.74) is 2.43. The van der Waals surface area contributed by atoms with Crippen LogP contribution in [-0.2, 0) is 0 Å². The van der Waals surface area contributed by atoms with E-state index in [2.05, 4.69) is 89.9 Å². The largest absolute Gasteiger partial charge is 0.354 e. The number of hydrogen-bond donors (Lipinski definition) is 1. The second kappa shape index (κ2) is 5.12. The highest BCUT2D eigenvalue weighted by Crippen LogP contribution is 2.42. The normalized spacial score (nSPS) is 12.3. The summed E-state index contributed by atoms with van der Waals surface area (Å²) in [5.74, 6) is 0. The van der Waals surface area contributed by atoms with Gasteiger partial charge >= 0.3 is 0 Å². The Morgan fingerprint density at radius 3 is 2.18 bits per heavy atom. The van der Waals surface area contributed by atoms with Crippen molar-refractivity contribution in [2.75, 3.05) is 0 Å². The highest BCUT2D eigenvalue weighted by molar-refractivity contribution is 7.26. The molecule has 0 fully saturated rings. The molecular formula is C26H15NS. The fourth-order valence-electron chi connectivity index (χ4n) is 4.67. The van der Waals surface area contributed by atoms with E-state index in [-0.39, 0.29) is 0 Å². The first-order valence-corrected chi connectivity index (χ1v) is 10.4. The molecule has 2 aromatic heterocycles. The van der Waals surface area contributed by atoms with Crippen LogP contribution in [0.1, 0.15) is 0 Å². The van der Waals surface area contributed by atoms with Crippen LogP contribution in [0.5, 0.6) is 0 Å². The highest BCUT2D eigenvalue weighted by atomic mass is 32.1. The van der Waals surface area contributed by atoms with Gasteiger partial charge < -0.3 is 4.98 Å². The van der Waals surface area contributed by atoms with E-state index in [1.807, 2.05) is 11.3 Å². The average Bonchev–Trinajstić information content (AvgIpc) is 3.29. The lowest BCUT2D eigenvalue weighted by atomic mass is 10.0. The number of aromatic nitrogens is 1. The Labute approximate surface area is 164 Å². The van der Waals surface area contributed by atoms with Crippen molar-refractivity contribution in [3.63, 3.8) is 0 Å². The van der Waals surface area contributed by atoms with E-state index in [0.717, 1.165) is 0 Å². The average molecular weight is 373 g/mol. The summed E-state index contributed by atoms with van der Waals surface area (Å²) in [6.07, 6.45) is 0. The van der Waals surface area contributed by atoms with E-state index in [0.29, 0.717) is 0 Å². The van der Waals surface area contributed by atoms with E-state index in [4.69, 9.17) is 0 Å². The van der Waals surface area contributed by atoms with Crippen LogP contribution < -0.4 is 0 Å². The Morgan fingerprint density at radius 1 is 0.536 bits per heavy atom. The van der Waals surface area contributed by atoms with Gasteiger partial charge in [0.15, 0.2) is 0 Å². The number of benzene rings is 5. The number of hydrogen-bond acceptors (Lipinski definition) is 1. The Morgan fingerprint density at radius 2 is 1.29 bits per heavy atom. The van der Waals surface area contributed by atoms with Crippen molar-refractivity contribution in [2.24, 2.45) is 0 Å². The number of aromatic amines is 1. The maximum Gasteiger partial charge on any atom is 0.0479 e. The van der Waals surface area contributed by atoms with E-state index < -0.39 is 0 Å². The molecule has 0 saturated heterocycles. The van der Waals surface area contributed by atoms with Crippen LogP contribution in [0, 0.1) is 0 Å². The van der Waals surface area contributed by atoms with Gasteiger partial charge in [0.05, 0.1) is 0 Å². The molecule has 0 radical (unpaired) electrons. The summed E-state index contributed by atoms with van der Waals surface area (Å²) < 4.78 is 2.73. The molecule has 0 bridgehead atoms. The zero-order valence-electron chi connectivity index (χ0n) is 15.0. The molecular weight excluding hydrogens is 358 g/mol. The van der Waals surface area contributed by atoms with Crippen molar-refractivity contribution in [3.05, 3.63) is 84.9 Å². The molecule has 0 unspecified atom stereocenters. The first-order chi connectivity index (χ1) is 13.9. The van der Waals surface area contributed by atoms with Gasteiger partial charge in [-0.2, -0.15) is 0 Å². The van der Waals surface area contributed by atoms with Gasteiger partial charge in [0.1, 0.15) is 0 Å². The molecule has 7 aromatic rings. The quantitative estimate of drug-likeness (QED) is 0.277. The summed E-state index contributed by atoms with van der Waals surface area (Å²) in [6, 6.07) is 31.0. The van der Waals surface area contributed by atoms with Gasteiger partial charge in [-0.3, -0.25) is 0 Å². The first-order valence-electron chi connectivity index (χ1n) is 9.54. The van der Waals surface area contributed by atoms with Crippen LogP contribution >= 0.6 is 11.3 Å². The molecule has 130 valence electrons. The summed E-state index contributed by atoms with van der Waals surface area (Å²) in [5, 5.41) is 10.6. The Hall–Kier alpha value is -3.36. The molecule has 7 rings (SSSR count). The molecule has 2 heteroatoms. The molecule has 1 nitrogen and oxygen atoms in total. The molecule has 28 heavy (non-hydrogen) atoms. The monoisotopic (exact) mass is 373 g/mol. The van der Waals surface area contributed by atoms with Crippen LogP contribution in [0.25, 0.3) is 63.5 Å². The van der Waals surface area contributed by atoms with Gasteiger partial charge in [0, 0.05) is 42.0 Å². The van der Waals surface area contributed by atoms with Crippen molar-refractivity contribution in [2.45, 2.75) is 0 Å². The topological polar surface area (TPSA) is 15.8 Å².